The first kappa shape index (κ1) is 9.68. The molecule has 1 atom stereocenters. The fraction of sp³-hybridized carbons (Fsp3) is 0.429. The average molecular weight is 158 g/mol. The van der Waals surface area contributed by atoms with E-state index in [0.29, 0.717) is 0 Å². The van der Waals surface area contributed by atoms with Gasteiger partial charge in [0.05, 0.1) is 7.11 Å². The zero-order valence-electron chi connectivity index (χ0n) is 6.49. The van der Waals surface area contributed by atoms with E-state index in [1.165, 1.54) is 14.0 Å². The van der Waals surface area contributed by atoms with Crippen LogP contribution in [-0.2, 0) is 19.1 Å². The van der Waals surface area contributed by atoms with Crippen LogP contribution >= 0.6 is 0 Å². The van der Waals surface area contributed by atoms with Crippen molar-refractivity contribution in [2.24, 2.45) is 0 Å². The molecule has 0 aromatic carbocycles. The Bertz CT molecular complexity index is 173. The minimum Gasteiger partial charge on any atom is -0.466 e. The van der Waals surface area contributed by atoms with Crippen molar-refractivity contribution in [1.82, 2.24) is 0 Å². The van der Waals surface area contributed by atoms with Crippen molar-refractivity contribution in [2.45, 2.75) is 13.0 Å². The molecule has 0 unspecified atom stereocenters. The van der Waals surface area contributed by atoms with E-state index in [2.05, 4.69) is 16.1 Å². The Morgan fingerprint density at radius 1 is 1.55 bits per heavy atom. The monoisotopic (exact) mass is 158 g/mol. The third-order valence-electron chi connectivity index (χ3n) is 0.993. The summed E-state index contributed by atoms with van der Waals surface area (Å²) in [4.78, 5) is 21.1. The lowest BCUT2D eigenvalue weighted by Gasteiger charge is -2.07. The van der Waals surface area contributed by atoms with Crippen molar-refractivity contribution in [2.75, 3.05) is 7.11 Å². The molecule has 0 amide bonds. The standard InChI is InChI=1S/C7H10O4/c1-4-6(8)11-5(2)7(9)10-3/h4-5H,1H2,2-3H3/t5-/m1/s1. The number of hydrogen-bond acceptors (Lipinski definition) is 4. The lowest BCUT2D eigenvalue weighted by Crippen LogP contribution is -2.24. The number of ether oxygens (including phenoxy) is 2. The van der Waals surface area contributed by atoms with Gasteiger partial charge in [-0.05, 0) is 6.92 Å². The van der Waals surface area contributed by atoms with E-state index in [0.717, 1.165) is 6.08 Å². The predicted octanol–water partition coefficient (Wildman–Crippen LogP) is 0.277. The second-order valence-corrected chi connectivity index (χ2v) is 1.81. The number of carbonyl (C=O) groups is 2. The molecular formula is C7H10O4. The Morgan fingerprint density at radius 2 is 2.09 bits per heavy atom. The van der Waals surface area contributed by atoms with Crippen molar-refractivity contribution >= 4 is 11.9 Å². The predicted molar refractivity (Wildman–Crippen MR) is 37.8 cm³/mol. The SMILES string of the molecule is C=CC(=O)O[C@H](C)C(=O)OC. The summed E-state index contributed by atoms with van der Waals surface area (Å²) in [5.41, 5.74) is 0. The molecular weight excluding hydrogens is 148 g/mol. The summed E-state index contributed by atoms with van der Waals surface area (Å²) >= 11 is 0. The first-order chi connectivity index (χ1) is 5.11. The Kier molecular flexibility index (Phi) is 3.95. The van der Waals surface area contributed by atoms with Crippen molar-refractivity contribution in [3.8, 4) is 0 Å². The van der Waals surface area contributed by atoms with Crippen LogP contribution in [0.3, 0.4) is 0 Å². The second kappa shape index (κ2) is 4.49. The van der Waals surface area contributed by atoms with Crippen LogP contribution in [0.1, 0.15) is 6.92 Å². The van der Waals surface area contributed by atoms with Gasteiger partial charge >= 0.3 is 11.9 Å². The van der Waals surface area contributed by atoms with Crippen LogP contribution in [0.2, 0.25) is 0 Å². The lowest BCUT2D eigenvalue weighted by molar-refractivity contribution is -0.161. The molecule has 0 aromatic heterocycles. The van der Waals surface area contributed by atoms with Gasteiger partial charge in [0.1, 0.15) is 0 Å². The second-order valence-electron chi connectivity index (χ2n) is 1.81. The molecule has 0 rings (SSSR count). The summed E-state index contributed by atoms with van der Waals surface area (Å²) in [6, 6.07) is 0. The molecule has 0 N–H and O–H groups in total. The molecule has 4 heteroatoms. The maximum absolute atomic E-state index is 10.6. The van der Waals surface area contributed by atoms with Crippen LogP contribution in [0, 0.1) is 0 Å². The third kappa shape index (κ3) is 3.40. The summed E-state index contributed by atoms with van der Waals surface area (Å²) in [6.45, 7) is 4.60. The van der Waals surface area contributed by atoms with Gasteiger partial charge in [0.2, 0.25) is 0 Å². The first-order valence-corrected chi connectivity index (χ1v) is 3.02. The van der Waals surface area contributed by atoms with Crippen LogP contribution < -0.4 is 0 Å². The topological polar surface area (TPSA) is 52.6 Å². The van der Waals surface area contributed by atoms with Crippen molar-refractivity contribution in [3.05, 3.63) is 12.7 Å². The van der Waals surface area contributed by atoms with Gasteiger partial charge in [-0.2, -0.15) is 0 Å². The molecule has 0 fully saturated rings. The van der Waals surface area contributed by atoms with E-state index in [1.807, 2.05) is 0 Å². The Balaban J connectivity index is 3.86. The summed E-state index contributed by atoms with van der Waals surface area (Å²) < 4.78 is 8.83. The minimum absolute atomic E-state index is 0.583. The van der Waals surface area contributed by atoms with Gasteiger partial charge in [0, 0.05) is 6.08 Å². The molecule has 0 saturated carbocycles. The third-order valence-corrected chi connectivity index (χ3v) is 0.993. The van der Waals surface area contributed by atoms with E-state index in [1.54, 1.807) is 0 Å². The summed E-state index contributed by atoms with van der Waals surface area (Å²) in [5.74, 6) is -1.22. The van der Waals surface area contributed by atoms with Gasteiger partial charge in [-0.15, -0.1) is 0 Å². The Morgan fingerprint density at radius 3 is 2.45 bits per heavy atom. The lowest BCUT2D eigenvalue weighted by atomic mass is 10.4. The van der Waals surface area contributed by atoms with E-state index < -0.39 is 18.0 Å². The molecule has 62 valence electrons. The first-order valence-electron chi connectivity index (χ1n) is 3.02. The quantitative estimate of drug-likeness (QED) is 0.437. The van der Waals surface area contributed by atoms with Crippen molar-refractivity contribution in [3.63, 3.8) is 0 Å². The number of esters is 2. The van der Waals surface area contributed by atoms with E-state index in [9.17, 15) is 9.59 Å². The highest BCUT2D eigenvalue weighted by Gasteiger charge is 2.15. The molecule has 0 bridgehead atoms. The normalized spacial score (nSPS) is 11.5. The highest BCUT2D eigenvalue weighted by atomic mass is 16.6. The molecule has 0 aromatic rings. The summed E-state index contributed by atoms with van der Waals surface area (Å²) in [5, 5.41) is 0. The zero-order valence-corrected chi connectivity index (χ0v) is 6.49. The van der Waals surface area contributed by atoms with Gasteiger partial charge in [-0.3, -0.25) is 0 Å². The molecule has 11 heavy (non-hydrogen) atoms. The van der Waals surface area contributed by atoms with Gasteiger partial charge in [0.15, 0.2) is 6.10 Å². The van der Waals surface area contributed by atoms with Crippen LogP contribution in [0.25, 0.3) is 0 Å². The largest absolute Gasteiger partial charge is 0.466 e. The highest BCUT2D eigenvalue weighted by Crippen LogP contribution is 1.94. The zero-order chi connectivity index (χ0) is 8.85. The van der Waals surface area contributed by atoms with Crippen LogP contribution in [0.4, 0.5) is 0 Å². The Hall–Kier alpha value is -1.32. The highest BCUT2D eigenvalue weighted by molar-refractivity contribution is 5.84. The van der Waals surface area contributed by atoms with Crippen LogP contribution in [0.5, 0.6) is 0 Å². The Labute approximate surface area is 64.8 Å². The summed E-state index contributed by atoms with van der Waals surface area (Å²) in [6.07, 6.45) is 0.116. The van der Waals surface area contributed by atoms with Gasteiger partial charge in [-0.1, -0.05) is 6.58 Å². The van der Waals surface area contributed by atoms with Crippen LogP contribution in [0.15, 0.2) is 12.7 Å². The number of hydrogen-bond donors (Lipinski definition) is 0. The minimum atomic E-state index is -0.870. The molecule has 0 aliphatic rings. The van der Waals surface area contributed by atoms with Crippen LogP contribution in [-0.4, -0.2) is 25.2 Å². The number of carbonyl (C=O) groups excluding carboxylic acids is 2. The molecule has 0 heterocycles. The van der Waals surface area contributed by atoms with E-state index in [4.69, 9.17) is 0 Å². The van der Waals surface area contributed by atoms with E-state index in [-0.39, 0.29) is 0 Å². The summed E-state index contributed by atoms with van der Waals surface area (Å²) in [7, 11) is 1.22. The fourth-order valence-electron chi connectivity index (χ4n) is 0.436. The van der Waals surface area contributed by atoms with Crippen molar-refractivity contribution < 1.29 is 19.1 Å². The average Bonchev–Trinajstić information content (AvgIpc) is 2.02. The number of methoxy groups -OCH3 is 1. The van der Waals surface area contributed by atoms with Gasteiger partial charge in [-0.25, -0.2) is 9.59 Å². The molecule has 0 aliphatic carbocycles. The maximum atomic E-state index is 10.6. The molecule has 0 spiro atoms. The molecule has 0 saturated heterocycles. The fourth-order valence-corrected chi connectivity index (χ4v) is 0.436. The maximum Gasteiger partial charge on any atom is 0.346 e. The molecule has 4 nitrogen and oxygen atoms in total. The molecule has 0 radical (unpaired) electrons. The molecule has 0 aliphatic heterocycles. The number of rotatable bonds is 3. The van der Waals surface area contributed by atoms with Gasteiger partial charge in [0.25, 0.3) is 0 Å². The van der Waals surface area contributed by atoms with Gasteiger partial charge < -0.3 is 9.47 Å². The smallest absolute Gasteiger partial charge is 0.346 e. The van der Waals surface area contributed by atoms with E-state index >= 15 is 0 Å². The van der Waals surface area contributed by atoms with Crippen molar-refractivity contribution in [1.29, 1.82) is 0 Å².